The van der Waals surface area contributed by atoms with Crippen LogP contribution in [0.2, 0.25) is 0 Å². The molecule has 0 bridgehead atoms. The lowest BCUT2D eigenvalue weighted by Gasteiger charge is -2.29. The van der Waals surface area contributed by atoms with Crippen molar-refractivity contribution < 1.29 is 18.9 Å². The number of rotatable bonds is 5. The highest BCUT2D eigenvalue weighted by Crippen LogP contribution is 2.42. The Kier molecular flexibility index (Phi) is 4.26. The number of phosphoric ester groups is 1. The number of nitrogens with one attached hydrogen (secondary N) is 1. The molecule has 1 heterocycles. The van der Waals surface area contributed by atoms with Crippen molar-refractivity contribution in [2.45, 2.75) is 5.21 Å². The summed E-state index contributed by atoms with van der Waals surface area (Å²) in [6.07, 6.45) is 1.63. The van der Waals surface area contributed by atoms with Gasteiger partial charge >= 0.3 is 7.82 Å². The second kappa shape index (κ2) is 5.54. The number of likely N-dealkylation sites (N-methyl/N-ethyl adjacent to an activating group) is 1. The molecule has 4 radical (unpaired) electrons. The molecular formula is C12H15B2N2O4P. The number of phosphoric acid groups is 1. The lowest BCUT2D eigenvalue weighted by molar-refractivity contribution is 0.284. The predicted molar refractivity (Wildman–Crippen MR) is 82.7 cm³/mol. The van der Waals surface area contributed by atoms with E-state index in [9.17, 15) is 4.57 Å². The van der Waals surface area contributed by atoms with Crippen molar-refractivity contribution in [3.05, 3.63) is 30.0 Å². The number of H-pyrrole nitrogens is 1. The lowest BCUT2D eigenvalue weighted by atomic mass is 9.51. The molecule has 6 nitrogen and oxygen atoms in total. The standard InChI is InChI=1S/C12H15B2N2O4P/c1-16(2)7-12(13,14)8-6-15-9-4-3-5-10(11(8)9)20-21(17,18)19/h3-6,15H,7H2,1-2H3,(H2,17,18,19). The summed E-state index contributed by atoms with van der Waals surface area (Å²) in [6.45, 7) is 0.351. The maximum atomic E-state index is 11.1. The number of aromatic amines is 1. The molecule has 21 heavy (non-hydrogen) atoms. The summed E-state index contributed by atoms with van der Waals surface area (Å²) < 4.78 is 15.8. The maximum Gasteiger partial charge on any atom is 0.524 e. The summed E-state index contributed by atoms with van der Waals surface area (Å²) in [6, 6.07) is 4.83. The molecule has 0 saturated heterocycles. The molecule has 108 valence electrons. The fourth-order valence-corrected chi connectivity index (χ4v) is 2.74. The Balaban J connectivity index is 2.58. The van der Waals surface area contributed by atoms with E-state index < -0.39 is 13.0 Å². The zero-order valence-electron chi connectivity index (χ0n) is 11.8. The first-order valence-corrected chi connectivity index (χ1v) is 7.71. The van der Waals surface area contributed by atoms with Gasteiger partial charge in [0.1, 0.15) is 5.75 Å². The number of hydrogen-bond acceptors (Lipinski definition) is 3. The summed E-state index contributed by atoms with van der Waals surface area (Å²) in [5.41, 5.74) is 1.16. The van der Waals surface area contributed by atoms with Gasteiger partial charge in [0, 0.05) is 17.1 Å². The summed E-state index contributed by atoms with van der Waals surface area (Å²) in [5.74, 6) is 0.0381. The minimum atomic E-state index is -4.67. The molecular weight excluding hydrogens is 289 g/mol. The quantitative estimate of drug-likeness (QED) is 0.559. The molecule has 0 unspecified atom stereocenters. The van der Waals surface area contributed by atoms with E-state index >= 15 is 0 Å². The van der Waals surface area contributed by atoms with Crippen LogP contribution in [0.25, 0.3) is 10.9 Å². The predicted octanol–water partition coefficient (Wildman–Crippen LogP) is 0.691. The second-order valence-electron chi connectivity index (χ2n) is 5.24. The Hall–Kier alpha value is -1.20. The largest absolute Gasteiger partial charge is 0.524 e. The van der Waals surface area contributed by atoms with Gasteiger partial charge in [0.2, 0.25) is 0 Å². The van der Waals surface area contributed by atoms with Crippen molar-refractivity contribution in [2.24, 2.45) is 0 Å². The lowest BCUT2D eigenvalue weighted by Crippen LogP contribution is -2.38. The zero-order chi connectivity index (χ0) is 15.8. The molecule has 0 saturated carbocycles. The molecule has 0 atom stereocenters. The Labute approximate surface area is 125 Å². The SMILES string of the molecule is [B]C([B])(CN(C)C)c1c[nH]c2cccc(OP(=O)(O)O)c12. The van der Waals surface area contributed by atoms with Crippen LogP contribution in [0.1, 0.15) is 5.56 Å². The normalized spacial score (nSPS) is 13.0. The van der Waals surface area contributed by atoms with Gasteiger partial charge in [-0.05, 0) is 38.3 Å². The fraction of sp³-hybridized carbons (Fsp3) is 0.333. The summed E-state index contributed by atoms with van der Waals surface area (Å²) in [5, 5.41) is -0.733. The van der Waals surface area contributed by atoms with E-state index in [1.165, 1.54) is 6.07 Å². The highest BCUT2D eigenvalue weighted by Gasteiger charge is 2.27. The Bertz CT molecular complexity index is 696. The summed E-state index contributed by atoms with van der Waals surface area (Å²) in [7, 11) is 11.3. The second-order valence-corrected chi connectivity index (χ2v) is 6.40. The van der Waals surface area contributed by atoms with Crippen LogP contribution in [0.3, 0.4) is 0 Å². The van der Waals surface area contributed by atoms with Gasteiger partial charge in [-0.2, -0.15) is 0 Å². The molecule has 0 aliphatic heterocycles. The van der Waals surface area contributed by atoms with Gasteiger partial charge in [-0.3, -0.25) is 9.79 Å². The van der Waals surface area contributed by atoms with Crippen molar-refractivity contribution in [1.29, 1.82) is 0 Å². The number of aromatic nitrogens is 1. The summed E-state index contributed by atoms with van der Waals surface area (Å²) >= 11 is 0. The van der Waals surface area contributed by atoms with Gasteiger partial charge in [0.15, 0.2) is 0 Å². The highest BCUT2D eigenvalue weighted by molar-refractivity contribution is 7.46. The minimum absolute atomic E-state index is 0.0381. The van der Waals surface area contributed by atoms with E-state index in [2.05, 4.69) is 4.98 Å². The molecule has 0 spiro atoms. The number of hydrogen-bond donors (Lipinski definition) is 3. The molecule has 0 fully saturated rings. The van der Waals surface area contributed by atoms with Crippen molar-refractivity contribution in [3.63, 3.8) is 0 Å². The molecule has 0 aliphatic carbocycles. The third kappa shape index (κ3) is 3.71. The van der Waals surface area contributed by atoms with E-state index in [4.69, 9.17) is 30.0 Å². The van der Waals surface area contributed by atoms with E-state index in [0.717, 1.165) is 0 Å². The molecule has 3 N–H and O–H groups in total. The first-order valence-electron chi connectivity index (χ1n) is 6.18. The molecule has 2 rings (SSSR count). The summed E-state index contributed by atoms with van der Waals surface area (Å²) in [4.78, 5) is 22.8. The average Bonchev–Trinajstić information content (AvgIpc) is 2.70. The molecule has 2 aromatic rings. The van der Waals surface area contributed by atoms with Crippen molar-refractivity contribution in [1.82, 2.24) is 9.88 Å². The van der Waals surface area contributed by atoms with Gasteiger partial charge in [-0.25, -0.2) is 4.57 Å². The van der Waals surface area contributed by atoms with Gasteiger partial charge in [0.25, 0.3) is 0 Å². The molecule has 1 aromatic heterocycles. The van der Waals surface area contributed by atoms with Crippen LogP contribution in [-0.4, -0.2) is 56.0 Å². The van der Waals surface area contributed by atoms with Crippen LogP contribution >= 0.6 is 7.82 Å². The fourth-order valence-electron chi connectivity index (χ4n) is 2.33. The highest BCUT2D eigenvalue weighted by atomic mass is 31.2. The first kappa shape index (κ1) is 16.2. The number of fused-ring (bicyclic) bond motifs is 1. The van der Waals surface area contributed by atoms with E-state index in [1.807, 2.05) is 19.0 Å². The Morgan fingerprint density at radius 3 is 2.62 bits per heavy atom. The van der Waals surface area contributed by atoms with Crippen LogP contribution in [0, 0.1) is 0 Å². The van der Waals surface area contributed by atoms with Crippen LogP contribution < -0.4 is 4.52 Å². The van der Waals surface area contributed by atoms with Crippen LogP contribution in [-0.2, 0) is 9.78 Å². The van der Waals surface area contributed by atoms with Crippen LogP contribution in [0.4, 0.5) is 0 Å². The van der Waals surface area contributed by atoms with Gasteiger partial charge in [-0.15, -0.1) is 0 Å². The van der Waals surface area contributed by atoms with E-state index in [-0.39, 0.29) is 5.75 Å². The van der Waals surface area contributed by atoms with Crippen molar-refractivity contribution in [2.75, 3.05) is 20.6 Å². The van der Waals surface area contributed by atoms with Gasteiger partial charge in [0.05, 0.1) is 15.7 Å². The van der Waals surface area contributed by atoms with Crippen molar-refractivity contribution >= 4 is 34.4 Å². The topological polar surface area (TPSA) is 85.8 Å². The first-order chi connectivity index (χ1) is 9.60. The molecule has 0 amide bonds. The number of nitrogens with zero attached hydrogens (tertiary/aromatic N) is 1. The van der Waals surface area contributed by atoms with E-state index in [1.54, 1.807) is 18.3 Å². The molecule has 1 aromatic carbocycles. The molecule has 9 heteroatoms. The average molecular weight is 304 g/mol. The Morgan fingerprint density at radius 2 is 2.05 bits per heavy atom. The van der Waals surface area contributed by atoms with E-state index in [0.29, 0.717) is 23.0 Å². The van der Waals surface area contributed by atoms with Gasteiger partial charge < -0.3 is 14.4 Å². The van der Waals surface area contributed by atoms with Crippen LogP contribution in [0.15, 0.2) is 24.4 Å². The Morgan fingerprint density at radius 1 is 1.38 bits per heavy atom. The zero-order valence-corrected chi connectivity index (χ0v) is 12.7. The third-order valence-electron chi connectivity index (χ3n) is 2.96. The monoisotopic (exact) mass is 304 g/mol. The smallest absolute Gasteiger partial charge is 0.404 e. The third-order valence-corrected chi connectivity index (χ3v) is 3.40. The van der Waals surface area contributed by atoms with Crippen LogP contribution in [0.5, 0.6) is 5.75 Å². The minimum Gasteiger partial charge on any atom is -0.404 e. The molecule has 0 aliphatic rings. The van der Waals surface area contributed by atoms with Gasteiger partial charge in [-0.1, -0.05) is 11.3 Å². The number of benzene rings is 1. The maximum absolute atomic E-state index is 11.1. The van der Waals surface area contributed by atoms with Crippen molar-refractivity contribution in [3.8, 4) is 5.75 Å².